The molecule has 0 aliphatic carbocycles. The molecule has 3 aliphatic rings. The van der Waals surface area contributed by atoms with Crippen LogP contribution in [0.15, 0.2) is 42.7 Å². The molecule has 3 aliphatic heterocycles. The number of hydrogen-bond acceptors (Lipinski definition) is 11. The first-order valence-corrected chi connectivity index (χ1v) is 11.7. The maximum Gasteiger partial charge on any atom is 0.353 e. The molecule has 1 N–H and O–H groups in total. The Balaban J connectivity index is 1.16. The average molecular weight is 492 g/mol. The number of piperazine rings is 1. The number of nitro groups is 1. The standard InChI is InChI=1S/C24H24N6O6/c31-30(32)22-23(27-17-2-4-18-21(12-17)34-10-9-33-18)25-14-26-24(22)29-7-5-28(6-8-29)13-16-1-3-19-20(11-16)36-15-35-19/h1-4,11-12,14H,5-10,13,15H2,(H,25,26,27). The lowest BCUT2D eigenvalue weighted by Gasteiger charge is -2.35. The number of nitrogens with zero attached hydrogens (tertiary/aromatic N) is 5. The van der Waals surface area contributed by atoms with Crippen molar-refractivity contribution in [2.45, 2.75) is 6.54 Å². The Bertz CT molecular complexity index is 1300. The van der Waals surface area contributed by atoms with Crippen molar-refractivity contribution in [2.75, 3.05) is 56.4 Å². The Hall–Kier alpha value is -4.32. The summed E-state index contributed by atoms with van der Waals surface area (Å²) >= 11 is 0. The summed E-state index contributed by atoms with van der Waals surface area (Å²) in [5.41, 5.74) is 1.59. The zero-order chi connectivity index (χ0) is 24.5. The summed E-state index contributed by atoms with van der Waals surface area (Å²) in [7, 11) is 0. The monoisotopic (exact) mass is 492 g/mol. The molecule has 36 heavy (non-hydrogen) atoms. The van der Waals surface area contributed by atoms with Gasteiger partial charge in [-0.3, -0.25) is 15.0 Å². The van der Waals surface area contributed by atoms with Crippen LogP contribution < -0.4 is 29.2 Å². The van der Waals surface area contributed by atoms with Crippen molar-refractivity contribution in [3.8, 4) is 23.0 Å². The third kappa shape index (κ3) is 4.38. The molecule has 3 aromatic rings. The molecule has 186 valence electrons. The number of anilines is 3. The first-order chi connectivity index (χ1) is 17.6. The third-order valence-corrected chi connectivity index (χ3v) is 6.31. The molecule has 0 atom stereocenters. The van der Waals surface area contributed by atoms with Crippen LogP contribution in [0.5, 0.6) is 23.0 Å². The molecule has 0 unspecified atom stereocenters. The minimum absolute atomic E-state index is 0.129. The molecule has 0 bridgehead atoms. The van der Waals surface area contributed by atoms with Crippen molar-refractivity contribution < 1.29 is 23.9 Å². The van der Waals surface area contributed by atoms with Crippen LogP contribution in [0.4, 0.5) is 23.0 Å². The van der Waals surface area contributed by atoms with E-state index >= 15 is 0 Å². The van der Waals surface area contributed by atoms with Gasteiger partial charge in [-0.05, 0) is 29.8 Å². The van der Waals surface area contributed by atoms with E-state index < -0.39 is 4.92 Å². The van der Waals surface area contributed by atoms with Gasteiger partial charge < -0.3 is 29.2 Å². The van der Waals surface area contributed by atoms with Gasteiger partial charge in [0.05, 0.1) is 4.92 Å². The molecule has 12 heteroatoms. The van der Waals surface area contributed by atoms with E-state index in [-0.39, 0.29) is 18.3 Å². The summed E-state index contributed by atoms with van der Waals surface area (Å²) in [6, 6.07) is 11.2. The minimum atomic E-state index is -0.436. The summed E-state index contributed by atoms with van der Waals surface area (Å²) in [6.07, 6.45) is 1.35. The second-order valence-corrected chi connectivity index (χ2v) is 8.59. The molecule has 1 aromatic heterocycles. The summed E-state index contributed by atoms with van der Waals surface area (Å²) in [5.74, 6) is 3.19. The van der Waals surface area contributed by atoms with Gasteiger partial charge in [-0.2, -0.15) is 0 Å². The number of aromatic nitrogens is 2. The average Bonchev–Trinajstić information content (AvgIpc) is 3.37. The SMILES string of the molecule is O=[N+]([O-])c1c(Nc2ccc3c(c2)OCCO3)ncnc1N1CCN(Cc2ccc3c(c2)OCO3)CC1. The van der Waals surface area contributed by atoms with Crippen LogP contribution in [-0.2, 0) is 6.54 Å². The van der Waals surface area contributed by atoms with E-state index in [1.54, 1.807) is 18.2 Å². The molecule has 1 fully saturated rings. The number of rotatable bonds is 6. The largest absolute Gasteiger partial charge is 0.486 e. The predicted octanol–water partition coefficient (Wildman–Crippen LogP) is 2.95. The van der Waals surface area contributed by atoms with Crippen LogP contribution in [0.25, 0.3) is 0 Å². The highest BCUT2D eigenvalue weighted by atomic mass is 16.7. The lowest BCUT2D eigenvalue weighted by Crippen LogP contribution is -2.46. The van der Waals surface area contributed by atoms with Crippen molar-refractivity contribution in [1.82, 2.24) is 14.9 Å². The highest BCUT2D eigenvalue weighted by Gasteiger charge is 2.30. The molecule has 0 radical (unpaired) electrons. The highest BCUT2D eigenvalue weighted by Crippen LogP contribution is 2.37. The van der Waals surface area contributed by atoms with E-state index in [1.807, 2.05) is 23.1 Å². The van der Waals surface area contributed by atoms with E-state index in [0.29, 0.717) is 49.3 Å². The molecule has 1 saturated heterocycles. The summed E-state index contributed by atoms with van der Waals surface area (Å²) in [6.45, 7) is 4.63. The first-order valence-electron chi connectivity index (χ1n) is 11.7. The van der Waals surface area contributed by atoms with Gasteiger partial charge in [0.1, 0.15) is 19.5 Å². The molecule has 4 heterocycles. The van der Waals surface area contributed by atoms with Gasteiger partial charge in [0.15, 0.2) is 23.0 Å². The van der Waals surface area contributed by atoms with Gasteiger partial charge in [-0.25, -0.2) is 9.97 Å². The van der Waals surface area contributed by atoms with Crippen LogP contribution in [-0.4, -0.2) is 66.0 Å². The topological polar surface area (TPSA) is 124 Å². The van der Waals surface area contributed by atoms with Crippen LogP contribution in [0.3, 0.4) is 0 Å². The van der Waals surface area contributed by atoms with Gasteiger partial charge in [0.2, 0.25) is 18.4 Å². The predicted molar refractivity (Wildman–Crippen MR) is 129 cm³/mol. The van der Waals surface area contributed by atoms with Crippen molar-refractivity contribution in [3.05, 3.63) is 58.4 Å². The van der Waals surface area contributed by atoms with Gasteiger partial charge in [0.25, 0.3) is 0 Å². The molecular formula is C24H24N6O6. The third-order valence-electron chi connectivity index (χ3n) is 6.31. The van der Waals surface area contributed by atoms with Crippen LogP contribution in [0.2, 0.25) is 0 Å². The highest BCUT2D eigenvalue weighted by molar-refractivity contribution is 5.75. The zero-order valence-corrected chi connectivity index (χ0v) is 19.4. The Morgan fingerprint density at radius 2 is 1.61 bits per heavy atom. The van der Waals surface area contributed by atoms with Gasteiger partial charge in [-0.1, -0.05) is 6.07 Å². The van der Waals surface area contributed by atoms with Crippen molar-refractivity contribution in [3.63, 3.8) is 0 Å². The Morgan fingerprint density at radius 3 is 2.44 bits per heavy atom. The Kier molecular flexibility index (Phi) is 5.77. The maximum atomic E-state index is 12.1. The maximum absolute atomic E-state index is 12.1. The Morgan fingerprint density at radius 1 is 0.889 bits per heavy atom. The van der Waals surface area contributed by atoms with Crippen LogP contribution >= 0.6 is 0 Å². The summed E-state index contributed by atoms with van der Waals surface area (Å²) in [5, 5.41) is 15.1. The molecule has 0 amide bonds. The zero-order valence-electron chi connectivity index (χ0n) is 19.4. The van der Waals surface area contributed by atoms with Crippen LogP contribution in [0, 0.1) is 10.1 Å². The van der Waals surface area contributed by atoms with E-state index in [0.717, 1.165) is 36.7 Å². The van der Waals surface area contributed by atoms with E-state index in [1.165, 1.54) is 6.33 Å². The van der Waals surface area contributed by atoms with Crippen molar-refractivity contribution in [2.24, 2.45) is 0 Å². The molecule has 6 rings (SSSR count). The molecule has 12 nitrogen and oxygen atoms in total. The number of ether oxygens (including phenoxy) is 4. The fourth-order valence-corrected chi connectivity index (χ4v) is 4.53. The molecule has 2 aromatic carbocycles. The van der Waals surface area contributed by atoms with Gasteiger partial charge in [0, 0.05) is 44.5 Å². The fourth-order valence-electron chi connectivity index (χ4n) is 4.53. The van der Waals surface area contributed by atoms with Crippen LogP contribution in [0.1, 0.15) is 5.56 Å². The number of hydrogen-bond donors (Lipinski definition) is 1. The van der Waals surface area contributed by atoms with Gasteiger partial charge >= 0.3 is 5.69 Å². The summed E-state index contributed by atoms with van der Waals surface area (Å²) < 4.78 is 22.0. The Labute approximate surface area is 206 Å². The molecule has 0 spiro atoms. The van der Waals surface area contributed by atoms with Crippen molar-refractivity contribution >= 4 is 23.0 Å². The van der Waals surface area contributed by atoms with Gasteiger partial charge in [-0.15, -0.1) is 0 Å². The molecular weight excluding hydrogens is 468 g/mol. The lowest BCUT2D eigenvalue weighted by molar-refractivity contribution is -0.383. The fraction of sp³-hybridized carbons (Fsp3) is 0.333. The van der Waals surface area contributed by atoms with Crippen molar-refractivity contribution in [1.29, 1.82) is 0 Å². The number of benzene rings is 2. The minimum Gasteiger partial charge on any atom is -0.486 e. The number of fused-ring (bicyclic) bond motifs is 2. The smallest absolute Gasteiger partial charge is 0.353 e. The first kappa shape index (κ1) is 22.2. The second kappa shape index (κ2) is 9.38. The van der Waals surface area contributed by atoms with E-state index in [2.05, 4.69) is 20.2 Å². The summed E-state index contributed by atoms with van der Waals surface area (Å²) in [4.78, 5) is 24.3. The second-order valence-electron chi connectivity index (χ2n) is 8.59. The quantitative estimate of drug-likeness (QED) is 0.403. The lowest BCUT2D eigenvalue weighted by atomic mass is 10.1. The normalized spacial score (nSPS) is 16.6. The van der Waals surface area contributed by atoms with E-state index in [9.17, 15) is 10.1 Å². The van der Waals surface area contributed by atoms with E-state index in [4.69, 9.17) is 18.9 Å². The number of nitrogens with one attached hydrogen (secondary N) is 1. The molecule has 0 saturated carbocycles.